The summed E-state index contributed by atoms with van der Waals surface area (Å²) < 4.78 is 10.3. The second-order valence-corrected chi connectivity index (χ2v) is 13.7. The Hall–Kier alpha value is -2.25. The molecule has 7 heteroatoms. The number of ether oxygens (including phenoxy) is 2. The maximum atomic E-state index is 12.3. The molecule has 0 aromatic carbocycles. The molecule has 276 valence electrons. The fourth-order valence-corrected chi connectivity index (χ4v) is 6.02. The minimum Gasteiger partial charge on any atom is -0.463 e. The molecule has 0 saturated carbocycles. The van der Waals surface area contributed by atoms with Gasteiger partial charge in [-0.3, -0.25) is 14.4 Å². The number of esters is 2. The lowest BCUT2D eigenvalue weighted by Gasteiger charge is -2.13. The lowest BCUT2D eigenvalue weighted by Crippen LogP contribution is -2.25. The number of unbranched alkanes of at least 4 members (excludes halogenated alkanes) is 17. The van der Waals surface area contributed by atoms with Crippen LogP contribution in [0.1, 0.15) is 168 Å². The van der Waals surface area contributed by atoms with Crippen LogP contribution in [-0.4, -0.2) is 53.4 Å². The minimum absolute atomic E-state index is 0.0744. The Morgan fingerprint density at radius 1 is 0.708 bits per heavy atom. The highest BCUT2D eigenvalue weighted by molar-refractivity contribution is 5.95. The van der Waals surface area contributed by atoms with Gasteiger partial charge >= 0.3 is 11.9 Å². The maximum Gasteiger partial charge on any atom is 0.305 e. The predicted octanol–water partition coefficient (Wildman–Crippen LogP) is 9.68. The number of hydrogen-bond acceptors (Lipinski definition) is 7. The summed E-state index contributed by atoms with van der Waals surface area (Å²) in [4.78, 5) is 36.3. The number of carbonyl (C=O) groups is 3. The molecule has 0 fully saturated rings. The van der Waals surface area contributed by atoms with Crippen molar-refractivity contribution in [3.05, 3.63) is 36.5 Å². The normalized spacial score (nSPS) is 17.5. The maximum absolute atomic E-state index is 12.3. The number of aliphatic hydroxyl groups excluding tert-OH is 2. The molecular formula is C41H70O7. The van der Waals surface area contributed by atoms with Crippen molar-refractivity contribution in [1.29, 1.82) is 0 Å². The lowest BCUT2D eigenvalue weighted by molar-refractivity contribution is -0.152. The molecule has 1 aliphatic carbocycles. The molecule has 0 aromatic rings. The van der Waals surface area contributed by atoms with Crippen LogP contribution in [0.15, 0.2) is 36.5 Å². The number of rotatable bonds is 32. The minimum atomic E-state index is -1.03. The van der Waals surface area contributed by atoms with Gasteiger partial charge < -0.3 is 19.7 Å². The van der Waals surface area contributed by atoms with Crippen LogP contribution in [0.2, 0.25) is 0 Å². The van der Waals surface area contributed by atoms with E-state index in [4.69, 9.17) is 9.47 Å². The van der Waals surface area contributed by atoms with Crippen molar-refractivity contribution in [2.45, 2.75) is 180 Å². The zero-order valence-corrected chi connectivity index (χ0v) is 30.6. The van der Waals surface area contributed by atoms with E-state index in [1.54, 1.807) is 12.2 Å². The van der Waals surface area contributed by atoms with Crippen LogP contribution in [0.3, 0.4) is 0 Å². The molecule has 0 aromatic heterocycles. The largest absolute Gasteiger partial charge is 0.463 e. The molecule has 2 N–H and O–H groups in total. The molecule has 0 unspecified atom stereocenters. The molecule has 4 atom stereocenters. The predicted molar refractivity (Wildman–Crippen MR) is 195 cm³/mol. The molecule has 0 heterocycles. The first-order chi connectivity index (χ1) is 23.4. The van der Waals surface area contributed by atoms with Crippen LogP contribution in [0, 0.1) is 11.8 Å². The van der Waals surface area contributed by atoms with Crippen molar-refractivity contribution in [3.63, 3.8) is 0 Å². The molecule has 0 amide bonds. The molecule has 0 aliphatic heterocycles. The van der Waals surface area contributed by atoms with Crippen LogP contribution in [-0.2, 0) is 23.9 Å². The van der Waals surface area contributed by atoms with Crippen molar-refractivity contribution in [2.24, 2.45) is 11.8 Å². The van der Waals surface area contributed by atoms with E-state index in [0.29, 0.717) is 19.3 Å². The fourth-order valence-electron chi connectivity index (χ4n) is 6.02. The first-order valence-electron chi connectivity index (χ1n) is 19.6. The third-order valence-corrected chi connectivity index (χ3v) is 9.13. The Morgan fingerprint density at radius 2 is 1.21 bits per heavy atom. The zero-order chi connectivity index (χ0) is 35.1. The molecular weight excluding hydrogens is 604 g/mol. The molecule has 0 saturated heterocycles. The van der Waals surface area contributed by atoms with Crippen LogP contribution >= 0.6 is 0 Å². The van der Waals surface area contributed by atoms with E-state index in [-0.39, 0.29) is 43.2 Å². The summed E-state index contributed by atoms with van der Waals surface area (Å²) >= 11 is 0. The zero-order valence-electron chi connectivity index (χ0n) is 30.6. The number of aliphatic hydroxyl groups is 2. The third kappa shape index (κ3) is 24.8. The van der Waals surface area contributed by atoms with Gasteiger partial charge in [-0.05, 0) is 44.1 Å². The van der Waals surface area contributed by atoms with Crippen LogP contribution in [0.4, 0.5) is 0 Å². The summed E-state index contributed by atoms with van der Waals surface area (Å²) in [7, 11) is 0. The monoisotopic (exact) mass is 675 g/mol. The highest BCUT2D eigenvalue weighted by Gasteiger charge is 2.26. The summed E-state index contributed by atoms with van der Waals surface area (Å²) in [5.41, 5.74) is 0. The topological polar surface area (TPSA) is 110 Å². The first-order valence-corrected chi connectivity index (χ1v) is 19.6. The van der Waals surface area contributed by atoms with Crippen molar-refractivity contribution < 1.29 is 34.1 Å². The van der Waals surface area contributed by atoms with Gasteiger partial charge in [-0.15, -0.1) is 0 Å². The quantitative estimate of drug-likeness (QED) is 0.0415. The van der Waals surface area contributed by atoms with Gasteiger partial charge in [0.15, 0.2) is 5.78 Å². The van der Waals surface area contributed by atoms with Crippen molar-refractivity contribution >= 4 is 17.7 Å². The molecule has 48 heavy (non-hydrogen) atoms. The van der Waals surface area contributed by atoms with E-state index in [0.717, 1.165) is 51.4 Å². The van der Waals surface area contributed by atoms with Gasteiger partial charge in [0.1, 0.15) is 19.3 Å². The second kappa shape index (κ2) is 30.8. The van der Waals surface area contributed by atoms with E-state index < -0.39 is 18.2 Å². The fraction of sp³-hybridized carbons (Fsp3) is 0.780. The molecule has 0 bridgehead atoms. The van der Waals surface area contributed by atoms with Gasteiger partial charge in [0.25, 0.3) is 0 Å². The molecule has 1 aliphatic rings. The SMILES string of the molecule is CCCCCCCCCCCCCCCCCC(=O)OC[C@@H](O)COC(=O)CCC/C=C\C[C@H]1C=CC(=O)[C@@H]1/C=C/[C@@H](O)CCCCC. The summed E-state index contributed by atoms with van der Waals surface area (Å²) in [6, 6.07) is 0. The van der Waals surface area contributed by atoms with Crippen LogP contribution in [0.5, 0.6) is 0 Å². The van der Waals surface area contributed by atoms with Gasteiger partial charge in [0.2, 0.25) is 0 Å². The van der Waals surface area contributed by atoms with Gasteiger partial charge in [-0.1, -0.05) is 153 Å². The summed E-state index contributed by atoms with van der Waals surface area (Å²) in [6.07, 6.45) is 35.3. The molecule has 7 nitrogen and oxygen atoms in total. The van der Waals surface area contributed by atoms with E-state index in [1.807, 2.05) is 24.3 Å². The van der Waals surface area contributed by atoms with Gasteiger partial charge in [0, 0.05) is 18.8 Å². The third-order valence-electron chi connectivity index (χ3n) is 9.13. The number of ketones is 1. The Balaban J connectivity index is 2.00. The van der Waals surface area contributed by atoms with Crippen molar-refractivity contribution in [1.82, 2.24) is 0 Å². The highest BCUT2D eigenvalue weighted by Crippen LogP contribution is 2.27. The summed E-state index contributed by atoms with van der Waals surface area (Å²) in [6.45, 7) is 4.04. The van der Waals surface area contributed by atoms with Gasteiger partial charge in [0.05, 0.1) is 6.10 Å². The number of carbonyl (C=O) groups excluding carboxylic acids is 3. The smallest absolute Gasteiger partial charge is 0.305 e. The molecule has 0 spiro atoms. The molecule has 1 rings (SSSR count). The first kappa shape index (κ1) is 43.8. The Kier molecular flexibility index (Phi) is 28.1. The Morgan fingerprint density at radius 3 is 1.77 bits per heavy atom. The Bertz CT molecular complexity index is 908. The van der Waals surface area contributed by atoms with Gasteiger partial charge in [-0.2, -0.15) is 0 Å². The van der Waals surface area contributed by atoms with E-state index in [9.17, 15) is 24.6 Å². The number of allylic oxidation sites excluding steroid dienone is 5. The van der Waals surface area contributed by atoms with Crippen LogP contribution < -0.4 is 0 Å². The van der Waals surface area contributed by atoms with Crippen molar-refractivity contribution in [3.8, 4) is 0 Å². The van der Waals surface area contributed by atoms with E-state index in [1.165, 1.54) is 77.0 Å². The number of hydrogen-bond donors (Lipinski definition) is 2. The molecule has 0 radical (unpaired) electrons. The van der Waals surface area contributed by atoms with Gasteiger partial charge in [-0.25, -0.2) is 0 Å². The summed E-state index contributed by atoms with van der Waals surface area (Å²) in [5.74, 6) is -0.784. The standard InChI is InChI=1S/C41H70O7/c1-3-5-7-8-9-10-11-12-13-14-15-16-17-18-23-27-40(45)47-33-37(43)34-48-41(46)28-24-20-19-22-25-35-29-32-39(44)38(35)31-30-36(42)26-21-6-4-2/h19,22,29-32,35-38,42-43H,3-18,20-21,23-28,33-34H2,1-2H3/b22-19-,31-30+/t35-,36-,37+,38+/m0/s1. The van der Waals surface area contributed by atoms with Crippen molar-refractivity contribution in [2.75, 3.05) is 13.2 Å². The van der Waals surface area contributed by atoms with E-state index in [2.05, 4.69) is 13.8 Å². The lowest BCUT2D eigenvalue weighted by atomic mass is 9.90. The average molecular weight is 675 g/mol. The summed E-state index contributed by atoms with van der Waals surface area (Å²) in [5, 5.41) is 20.2. The average Bonchev–Trinajstić information content (AvgIpc) is 3.43. The van der Waals surface area contributed by atoms with Crippen LogP contribution in [0.25, 0.3) is 0 Å². The second-order valence-electron chi connectivity index (χ2n) is 13.7. The Labute approximate surface area is 293 Å². The highest BCUT2D eigenvalue weighted by atomic mass is 16.6. The van der Waals surface area contributed by atoms with E-state index >= 15 is 0 Å².